The minimum Gasteiger partial charge on any atom is -0.366 e. The van der Waals surface area contributed by atoms with Gasteiger partial charge in [-0.3, -0.25) is 4.79 Å². The minimum atomic E-state index is 0.000442. The Morgan fingerprint density at radius 2 is 2.14 bits per heavy atom. The van der Waals surface area contributed by atoms with Gasteiger partial charge in [-0.1, -0.05) is 11.6 Å². The van der Waals surface area contributed by atoms with Crippen molar-refractivity contribution in [3.63, 3.8) is 0 Å². The van der Waals surface area contributed by atoms with Crippen molar-refractivity contribution in [1.82, 2.24) is 20.1 Å². The maximum Gasteiger partial charge on any atom is 0.270 e. The Labute approximate surface area is 133 Å². The number of H-pyrrole nitrogens is 1. The second kappa shape index (κ2) is 6.36. The lowest BCUT2D eigenvalue weighted by molar-refractivity contribution is 0.0713. The number of hydrogen-bond donors (Lipinski definition) is 2. The zero-order chi connectivity index (χ0) is 15.5. The zero-order valence-electron chi connectivity index (χ0n) is 12.3. The Bertz CT molecular complexity index is 646. The minimum absolute atomic E-state index is 0.000442. The molecule has 2 aromatic heterocycles. The number of amides is 1. The summed E-state index contributed by atoms with van der Waals surface area (Å²) in [7, 11) is 0. The van der Waals surface area contributed by atoms with Crippen molar-refractivity contribution < 1.29 is 4.79 Å². The van der Waals surface area contributed by atoms with Crippen molar-refractivity contribution >= 4 is 23.3 Å². The summed E-state index contributed by atoms with van der Waals surface area (Å²) in [6, 6.07) is 5.84. The molecule has 0 bridgehead atoms. The number of anilines is 1. The van der Waals surface area contributed by atoms with Crippen LogP contribution in [-0.2, 0) is 0 Å². The van der Waals surface area contributed by atoms with Gasteiger partial charge < -0.3 is 15.2 Å². The van der Waals surface area contributed by atoms with Crippen molar-refractivity contribution in [1.29, 1.82) is 0 Å². The Kier molecular flexibility index (Phi) is 4.29. The van der Waals surface area contributed by atoms with Crippen molar-refractivity contribution in [2.45, 2.75) is 25.8 Å². The second-order valence-electron chi connectivity index (χ2n) is 5.50. The average Bonchev–Trinajstić information content (AvgIpc) is 2.96. The third kappa shape index (κ3) is 3.39. The highest BCUT2D eigenvalue weighted by atomic mass is 35.5. The summed E-state index contributed by atoms with van der Waals surface area (Å²) in [5.74, 6) is 0.784. The van der Waals surface area contributed by atoms with Crippen LogP contribution in [0.25, 0.3) is 0 Å². The molecule has 0 aliphatic carbocycles. The number of hydrogen-bond acceptors (Lipinski definition) is 4. The van der Waals surface area contributed by atoms with Crippen LogP contribution < -0.4 is 5.32 Å². The number of aryl methyl sites for hydroxylation is 1. The molecule has 116 valence electrons. The largest absolute Gasteiger partial charge is 0.366 e. The van der Waals surface area contributed by atoms with Crippen molar-refractivity contribution in [2.75, 3.05) is 18.4 Å². The van der Waals surface area contributed by atoms with E-state index in [1.165, 1.54) is 0 Å². The van der Waals surface area contributed by atoms with Crippen LogP contribution in [0.2, 0.25) is 5.02 Å². The van der Waals surface area contributed by atoms with Crippen molar-refractivity contribution in [2.24, 2.45) is 0 Å². The highest BCUT2D eigenvalue weighted by Crippen LogP contribution is 2.18. The van der Waals surface area contributed by atoms with Crippen LogP contribution in [0.5, 0.6) is 0 Å². The smallest absolute Gasteiger partial charge is 0.270 e. The maximum atomic E-state index is 12.3. The topological polar surface area (TPSA) is 73.9 Å². The van der Waals surface area contributed by atoms with Crippen LogP contribution in [0.1, 0.15) is 29.0 Å². The van der Waals surface area contributed by atoms with Gasteiger partial charge in [0, 0.05) is 25.3 Å². The van der Waals surface area contributed by atoms with Crippen LogP contribution in [0.4, 0.5) is 5.82 Å². The van der Waals surface area contributed by atoms with E-state index in [4.69, 9.17) is 11.6 Å². The number of nitrogens with one attached hydrogen (secondary N) is 2. The molecule has 1 saturated heterocycles. The summed E-state index contributed by atoms with van der Waals surface area (Å²) in [5, 5.41) is 12.1. The van der Waals surface area contributed by atoms with E-state index in [0.717, 1.165) is 24.4 Å². The predicted octanol–water partition coefficient (Wildman–Crippen LogP) is 2.48. The van der Waals surface area contributed by atoms with E-state index < -0.39 is 0 Å². The number of aromatic amines is 1. The van der Waals surface area contributed by atoms with Crippen LogP contribution in [-0.4, -0.2) is 45.1 Å². The van der Waals surface area contributed by atoms with E-state index in [0.29, 0.717) is 29.8 Å². The molecule has 0 atom stereocenters. The van der Waals surface area contributed by atoms with Gasteiger partial charge in [0.25, 0.3) is 5.91 Å². The first-order valence-corrected chi connectivity index (χ1v) is 7.69. The van der Waals surface area contributed by atoms with Crippen LogP contribution in [0, 0.1) is 6.92 Å². The molecule has 1 aliphatic heterocycles. The van der Waals surface area contributed by atoms with Gasteiger partial charge in [0.05, 0.1) is 10.7 Å². The van der Waals surface area contributed by atoms with E-state index in [1.54, 1.807) is 12.3 Å². The third-order valence-electron chi connectivity index (χ3n) is 3.81. The summed E-state index contributed by atoms with van der Waals surface area (Å²) in [5.41, 5.74) is 1.44. The Morgan fingerprint density at radius 1 is 1.36 bits per heavy atom. The molecule has 0 aromatic carbocycles. The fourth-order valence-electron chi connectivity index (χ4n) is 2.57. The summed E-state index contributed by atoms with van der Waals surface area (Å²) >= 11 is 5.84. The Balaban J connectivity index is 1.54. The lowest BCUT2D eigenvalue weighted by atomic mass is 10.0. The molecule has 2 aromatic rings. The first-order chi connectivity index (χ1) is 10.6. The normalized spacial score (nSPS) is 15.8. The molecule has 3 heterocycles. The van der Waals surface area contributed by atoms with Gasteiger partial charge in [-0.25, -0.2) is 0 Å². The quantitative estimate of drug-likeness (QED) is 0.911. The molecule has 1 amide bonds. The molecule has 0 spiro atoms. The van der Waals surface area contributed by atoms with Gasteiger partial charge in [0.2, 0.25) is 0 Å². The average molecular weight is 320 g/mol. The second-order valence-corrected chi connectivity index (χ2v) is 5.94. The van der Waals surface area contributed by atoms with Crippen LogP contribution in [0.15, 0.2) is 24.4 Å². The Morgan fingerprint density at radius 3 is 2.73 bits per heavy atom. The molecule has 22 heavy (non-hydrogen) atoms. The van der Waals surface area contributed by atoms with Gasteiger partial charge in [-0.15, -0.1) is 5.10 Å². The molecular formula is C15H18ClN5O. The van der Waals surface area contributed by atoms with Crippen molar-refractivity contribution in [3.05, 3.63) is 40.8 Å². The SMILES string of the molecule is Cc1ccc(NC2CCN(C(=O)c3cc(Cl)c[nH]3)CC2)nn1. The molecular weight excluding hydrogens is 302 g/mol. The van der Waals surface area contributed by atoms with Crippen molar-refractivity contribution in [3.8, 4) is 0 Å². The summed E-state index contributed by atoms with van der Waals surface area (Å²) in [6.07, 6.45) is 3.39. The van der Waals surface area contributed by atoms with Gasteiger partial charge in [0.1, 0.15) is 11.5 Å². The standard InChI is InChI=1S/C15H18ClN5O/c1-10-2-3-14(20-19-10)18-12-4-6-21(7-5-12)15(22)13-8-11(16)9-17-13/h2-3,8-9,12,17H,4-7H2,1H3,(H,18,20). The number of nitrogens with zero attached hydrogens (tertiary/aromatic N) is 3. The highest BCUT2D eigenvalue weighted by molar-refractivity contribution is 6.30. The zero-order valence-corrected chi connectivity index (χ0v) is 13.1. The van der Waals surface area contributed by atoms with Gasteiger partial charge in [0.15, 0.2) is 0 Å². The monoisotopic (exact) mass is 319 g/mol. The van der Waals surface area contributed by atoms with E-state index in [9.17, 15) is 4.79 Å². The van der Waals surface area contributed by atoms with Gasteiger partial charge in [-0.05, 0) is 38.0 Å². The fourth-order valence-corrected chi connectivity index (χ4v) is 2.74. The van der Waals surface area contributed by atoms with E-state index in [2.05, 4.69) is 20.5 Å². The molecule has 0 unspecified atom stereocenters. The third-order valence-corrected chi connectivity index (χ3v) is 4.03. The molecule has 0 radical (unpaired) electrons. The first kappa shape index (κ1) is 14.8. The molecule has 2 N–H and O–H groups in total. The van der Waals surface area contributed by atoms with E-state index in [1.807, 2.05) is 24.0 Å². The highest BCUT2D eigenvalue weighted by Gasteiger charge is 2.24. The molecule has 1 fully saturated rings. The lowest BCUT2D eigenvalue weighted by Gasteiger charge is -2.32. The number of carbonyl (C=O) groups excluding carboxylic acids is 1. The van der Waals surface area contributed by atoms with Gasteiger partial charge in [-0.2, -0.15) is 5.10 Å². The molecule has 1 aliphatic rings. The molecule has 7 heteroatoms. The number of halogens is 1. The number of rotatable bonds is 3. The van der Waals surface area contributed by atoms with Gasteiger partial charge >= 0.3 is 0 Å². The molecule has 0 saturated carbocycles. The summed E-state index contributed by atoms with van der Waals surface area (Å²) < 4.78 is 0. The molecule has 3 rings (SSSR count). The Hall–Kier alpha value is -2.08. The first-order valence-electron chi connectivity index (χ1n) is 7.32. The van der Waals surface area contributed by atoms with Crippen LogP contribution in [0.3, 0.4) is 0 Å². The van der Waals surface area contributed by atoms with Crippen LogP contribution >= 0.6 is 11.6 Å². The summed E-state index contributed by atoms with van der Waals surface area (Å²) in [4.78, 5) is 17.1. The molecule has 6 nitrogen and oxygen atoms in total. The lowest BCUT2D eigenvalue weighted by Crippen LogP contribution is -2.42. The number of carbonyl (C=O) groups is 1. The van der Waals surface area contributed by atoms with E-state index in [-0.39, 0.29) is 5.91 Å². The predicted molar refractivity (Wildman–Crippen MR) is 85.1 cm³/mol. The fraction of sp³-hybridized carbons (Fsp3) is 0.400. The maximum absolute atomic E-state index is 12.3. The number of aromatic nitrogens is 3. The number of piperidine rings is 1. The number of likely N-dealkylation sites (tertiary alicyclic amines) is 1. The van der Waals surface area contributed by atoms with E-state index >= 15 is 0 Å². The summed E-state index contributed by atoms with van der Waals surface area (Å²) in [6.45, 7) is 3.34.